The van der Waals surface area contributed by atoms with Crippen molar-refractivity contribution in [2.45, 2.75) is 25.7 Å². The average Bonchev–Trinajstić information content (AvgIpc) is 2.67. The van der Waals surface area contributed by atoms with Crippen molar-refractivity contribution in [3.63, 3.8) is 0 Å². The number of nitrogens with one attached hydrogen (secondary N) is 3. The first kappa shape index (κ1) is 27.4. The van der Waals surface area contributed by atoms with Crippen LogP contribution in [-0.2, 0) is 47.5 Å². The molecule has 0 aliphatic carbocycles. The third-order valence-electron chi connectivity index (χ3n) is 3.89. The minimum Gasteiger partial charge on any atom is -0.664 e. The first-order chi connectivity index (χ1) is 13.1. The first-order valence-electron chi connectivity index (χ1n) is 8.30. The SMILES string of the molecule is C/C(C([NH-])=O)=C(/C)c1ccccc1.CNC(=S)NS(=O)(=O)c1c[c-]ccc1C.[Y]. The van der Waals surface area contributed by atoms with Gasteiger partial charge in [0.15, 0.2) is 5.11 Å². The second kappa shape index (κ2) is 12.9. The molecule has 0 heterocycles. The van der Waals surface area contributed by atoms with Gasteiger partial charge in [0.25, 0.3) is 0 Å². The van der Waals surface area contributed by atoms with Gasteiger partial charge in [0.2, 0.25) is 10.0 Å². The Kier molecular flexibility index (Phi) is 12.1. The third kappa shape index (κ3) is 8.74. The molecule has 0 saturated heterocycles. The van der Waals surface area contributed by atoms with E-state index in [4.69, 9.17) is 18.0 Å². The van der Waals surface area contributed by atoms with E-state index in [0.717, 1.165) is 11.1 Å². The Hall–Kier alpha value is -1.61. The number of hydrogen-bond acceptors (Lipinski definition) is 4. The van der Waals surface area contributed by atoms with Crippen molar-refractivity contribution in [3.05, 3.63) is 77.0 Å². The smallest absolute Gasteiger partial charge is 0.216 e. The standard InChI is InChI=1S/C11H13NO.C9H11N2O2S2.Y/c1-8(9(2)11(12)13)10-6-4-3-5-7-10;1-7-5-3-4-6-8(7)15(12,13)11-9(14)10-2;/h3-7H,1-2H3,(H2,12,13);3,5-6H,1-2H3,(H2,10,11,14);/q;-1;/p-1/b9-8+;;. The molecule has 29 heavy (non-hydrogen) atoms. The topological polar surface area (TPSA) is 99.1 Å². The van der Waals surface area contributed by atoms with Crippen LogP contribution in [0.25, 0.3) is 11.3 Å². The van der Waals surface area contributed by atoms with Crippen LogP contribution in [0.3, 0.4) is 0 Å². The predicted molar refractivity (Wildman–Crippen MR) is 116 cm³/mol. The Bertz CT molecular complexity index is 975. The van der Waals surface area contributed by atoms with Gasteiger partial charge in [0.1, 0.15) is 0 Å². The van der Waals surface area contributed by atoms with E-state index in [9.17, 15) is 13.2 Å². The number of amides is 1. The fraction of sp³-hybridized carbons (Fsp3) is 0.200. The first-order valence-corrected chi connectivity index (χ1v) is 10.2. The number of hydrogen-bond donors (Lipinski definition) is 2. The number of thiocarbonyl (C=S) groups is 1. The summed E-state index contributed by atoms with van der Waals surface area (Å²) >= 11 is 4.74. The molecule has 0 atom stereocenters. The zero-order valence-corrected chi connectivity index (χ0v) is 21.2. The summed E-state index contributed by atoms with van der Waals surface area (Å²) in [4.78, 5) is 11.0. The Balaban J connectivity index is 0.000000527. The maximum absolute atomic E-state index is 11.8. The van der Waals surface area contributed by atoms with E-state index in [1.807, 2.05) is 37.3 Å². The Morgan fingerprint density at radius 3 is 2.21 bits per heavy atom. The Morgan fingerprint density at radius 1 is 1.14 bits per heavy atom. The number of benzene rings is 2. The molecule has 9 heteroatoms. The normalized spacial score (nSPS) is 11.0. The molecule has 1 radical (unpaired) electrons. The van der Waals surface area contributed by atoms with Gasteiger partial charge in [-0.05, 0) is 47.7 Å². The van der Waals surface area contributed by atoms with Crippen LogP contribution in [0.2, 0.25) is 0 Å². The number of carbonyl (C=O) groups is 1. The van der Waals surface area contributed by atoms with Crippen LogP contribution in [0.5, 0.6) is 0 Å². The van der Waals surface area contributed by atoms with E-state index in [-0.39, 0.29) is 42.7 Å². The number of carbonyl (C=O) groups excluding carboxylic acids is 1. The van der Waals surface area contributed by atoms with Gasteiger partial charge in [0.05, 0.1) is 5.91 Å². The fourth-order valence-corrected chi connectivity index (χ4v) is 3.59. The van der Waals surface area contributed by atoms with Gasteiger partial charge in [-0.15, -0.1) is 5.56 Å². The van der Waals surface area contributed by atoms with E-state index in [1.54, 1.807) is 33.0 Å². The number of rotatable bonds is 4. The van der Waals surface area contributed by atoms with Crippen LogP contribution in [0.15, 0.2) is 59.0 Å². The van der Waals surface area contributed by atoms with Gasteiger partial charge in [0, 0.05) is 39.8 Å². The van der Waals surface area contributed by atoms with Crippen LogP contribution < -0.4 is 10.0 Å². The molecule has 0 saturated carbocycles. The summed E-state index contributed by atoms with van der Waals surface area (Å²) in [5.74, 6) is -0.610. The molecule has 0 spiro atoms. The molecule has 6 nitrogen and oxygen atoms in total. The fourth-order valence-electron chi connectivity index (χ4n) is 2.09. The van der Waals surface area contributed by atoms with Gasteiger partial charge < -0.3 is 15.8 Å². The quantitative estimate of drug-likeness (QED) is 0.375. The van der Waals surface area contributed by atoms with Crippen LogP contribution in [0.4, 0.5) is 0 Å². The van der Waals surface area contributed by atoms with Gasteiger partial charge in [-0.25, -0.2) is 8.42 Å². The Labute approximate surface area is 203 Å². The molecule has 3 N–H and O–H groups in total. The van der Waals surface area contributed by atoms with Crippen molar-refractivity contribution in [2.24, 2.45) is 0 Å². The predicted octanol–water partition coefficient (Wildman–Crippen LogP) is 3.63. The molecule has 2 rings (SSSR count). The molecule has 2 aromatic rings. The average molecular weight is 506 g/mol. The Morgan fingerprint density at radius 2 is 1.72 bits per heavy atom. The van der Waals surface area contributed by atoms with E-state index >= 15 is 0 Å². The minimum absolute atomic E-state index is 0. The van der Waals surface area contributed by atoms with E-state index in [0.29, 0.717) is 11.1 Å². The van der Waals surface area contributed by atoms with Gasteiger partial charge in [-0.1, -0.05) is 37.3 Å². The number of sulfonamides is 1. The second-order valence-corrected chi connectivity index (χ2v) is 7.88. The molecule has 0 bridgehead atoms. The number of allylic oxidation sites excluding steroid dienone is 1. The summed E-state index contributed by atoms with van der Waals surface area (Å²) in [5.41, 5.74) is 10.0. The molecule has 0 aromatic heterocycles. The third-order valence-corrected chi connectivity index (χ3v) is 5.81. The summed E-state index contributed by atoms with van der Waals surface area (Å²) in [6, 6.07) is 17.1. The summed E-state index contributed by atoms with van der Waals surface area (Å²) in [7, 11) is -2.04. The van der Waals surface area contributed by atoms with Crippen LogP contribution in [-0.4, -0.2) is 26.5 Å². The van der Waals surface area contributed by atoms with Crippen LogP contribution in [0.1, 0.15) is 25.0 Å². The van der Waals surface area contributed by atoms with E-state index < -0.39 is 15.9 Å². The maximum atomic E-state index is 11.8. The van der Waals surface area contributed by atoms with Crippen LogP contribution >= 0.6 is 12.2 Å². The molecule has 2 aromatic carbocycles. The minimum atomic E-state index is -3.59. The largest absolute Gasteiger partial charge is 0.664 e. The van der Waals surface area contributed by atoms with Crippen molar-refractivity contribution in [1.82, 2.24) is 10.0 Å². The second-order valence-electron chi connectivity index (χ2n) is 5.82. The van der Waals surface area contributed by atoms with Crippen molar-refractivity contribution in [3.8, 4) is 0 Å². The molecule has 153 valence electrons. The molecule has 0 fully saturated rings. The van der Waals surface area contributed by atoms with Gasteiger partial charge in [-0.2, -0.15) is 24.3 Å². The van der Waals surface area contributed by atoms with Crippen molar-refractivity contribution < 1.29 is 45.9 Å². The maximum Gasteiger partial charge on any atom is 0.216 e. The molecular formula is C20H23N3O3S2Y-2. The summed E-state index contributed by atoms with van der Waals surface area (Å²) in [5, 5.41) is 2.61. The zero-order valence-electron chi connectivity index (χ0n) is 16.7. The van der Waals surface area contributed by atoms with Gasteiger partial charge in [-0.3, -0.25) is 4.72 Å². The van der Waals surface area contributed by atoms with Crippen molar-refractivity contribution in [2.75, 3.05) is 7.05 Å². The molecule has 0 unspecified atom stereocenters. The summed E-state index contributed by atoms with van der Waals surface area (Å²) < 4.78 is 25.8. The monoisotopic (exact) mass is 506 g/mol. The van der Waals surface area contributed by atoms with Crippen LogP contribution in [0, 0.1) is 13.0 Å². The van der Waals surface area contributed by atoms with Crippen molar-refractivity contribution >= 4 is 38.8 Å². The molecule has 0 aliphatic rings. The summed E-state index contributed by atoms with van der Waals surface area (Å²) in [6.45, 7) is 5.25. The molecular weight excluding hydrogens is 483 g/mol. The molecule has 0 aliphatic heterocycles. The zero-order chi connectivity index (χ0) is 21.3. The van der Waals surface area contributed by atoms with Gasteiger partial charge >= 0.3 is 0 Å². The van der Waals surface area contributed by atoms with E-state index in [1.165, 1.54) is 6.07 Å². The van der Waals surface area contributed by atoms with E-state index in [2.05, 4.69) is 16.1 Å². The number of aryl methyl sites for hydroxylation is 1. The van der Waals surface area contributed by atoms with Crippen molar-refractivity contribution in [1.29, 1.82) is 0 Å². The summed E-state index contributed by atoms with van der Waals surface area (Å²) in [6.07, 6.45) is 0. The molecule has 1 amide bonds.